The normalized spacial score (nSPS) is 11.4. The first-order chi connectivity index (χ1) is 11.2. The van der Waals surface area contributed by atoms with Crippen LogP contribution in [0.4, 0.5) is 5.69 Å². The van der Waals surface area contributed by atoms with Gasteiger partial charge in [0.1, 0.15) is 5.75 Å². The van der Waals surface area contributed by atoms with E-state index >= 15 is 0 Å². The molecule has 23 heavy (non-hydrogen) atoms. The number of nitrogens with one attached hydrogen (secondary N) is 1. The van der Waals surface area contributed by atoms with Crippen molar-refractivity contribution in [3.8, 4) is 17.2 Å². The van der Waals surface area contributed by atoms with Gasteiger partial charge in [0.05, 0.1) is 19.4 Å². The molecule has 1 N–H and O–H groups in total. The molecule has 0 aliphatic carbocycles. The Balaban J connectivity index is 2.06. The summed E-state index contributed by atoms with van der Waals surface area (Å²) in [6.45, 7) is 4.12. The van der Waals surface area contributed by atoms with Gasteiger partial charge in [0.2, 0.25) is 0 Å². The van der Waals surface area contributed by atoms with Crippen molar-refractivity contribution in [2.75, 3.05) is 19.0 Å². The van der Waals surface area contributed by atoms with E-state index in [0.29, 0.717) is 29.5 Å². The van der Waals surface area contributed by atoms with Gasteiger partial charge in [-0.3, -0.25) is 4.79 Å². The lowest BCUT2D eigenvalue weighted by Crippen LogP contribution is -2.30. The Morgan fingerprint density at radius 3 is 2.30 bits per heavy atom. The number of carbonyl (C=O) groups excluding carboxylic acids is 1. The number of amides is 1. The largest absolute Gasteiger partial charge is 0.495 e. The zero-order chi connectivity index (χ0) is 16.7. The fourth-order valence-electron chi connectivity index (χ4n) is 2.05. The molecule has 0 aromatic heterocycles. The molecule has 0 saturated carbocycles. The lowest BCUT2D eigenvalue weighted by atomic mass is 10.2. The first-order valence-electron chi connectivity index (χ1n) is 7.48. The Hall–Kier alpha value is -2.69. The molecule has 2 rings (SSSR count). The number of hydrogen-bond donors (Lipinski definition) is 1. The summed E-state index contributed by atoms with van der Waals surface area (Å²) in [6.07, 6.45) is -0.679. The maximum atomic E-state index is 12.3. The van der Waals surface area contributed by atoms with Crippen LogP contribution in [-0.2, 0) is 4.79 Å². The molecule has 0 radical (unpaired) electrons. The molecular formula is C18H21NO4. The second-order valence-corrected chi connectivity index (χ2v) is 4.83. The van der Waals surface area contributed by atoms with Crippen LogP contribution in [0.2, 0.25) is 0 Å². The highest BCUT2D eigenvalue weighted by Crippen LogP contribution is 2.28. The molecule has 0 bridgehead atoms. The van der Waals surface area contributed by atoms with Crippen molar-refractivity contribution in [3.63, 3.8) is 0 Å². The molecule has 0 aliphatic heterocycles. The lowest BCUT2D eigenvalue weighted by molar-refractivity contribution is -0.122. The zero-order valence-corrected chi connectivity index (χ0v) is 13.5. The summed E-state index contributed by atoms with van der Waals surface area (Å²) in [7, 11) is 1.56. The Morgan fingerprint density at radius 2 is 1.65 bits per heavy atom. The highest BCUT2D eigenvalue weighted by atomic mass is 16.5. The third kappa shape index (κ3) is 4.39. The summed E-state index contributed by atoms with van der Waals surface area (Å²) < 4.78 is 16.4. The van der Waals surface area contributed by atoms with E-state index < -0.39 is 6.10 Å². The molecule has 2 aromatic carbocycles. The van der Waals surface area contributed by atoms with Gasteiger partial charge in [0, 0.05) is 0 Å². The van der Waals surface area contributed by atoms with Crippen molar-refractivity contribution in [2.24, 2.45) is 0 Å². The lowest BCUT2D eigenvalue weighted by Gasteiger charge is -2.18. The van der Waals surface area contributed by atoms with Crippen molar-refractivity contribution < 1.29 is 19.0 Å². The molecule has 0 unspecified atom stereocenters. The van der Waals surface area contributed by atoms with Gasteiger partial charge in [-0.2, -0.15) is 0 Å². The SMILES string of the molecule is CCOc1ccccc1O[C@@H](C)C(=O)Nc1ccccc1OC. The van der Waals surface area contributed by atoms with E-state index in [1.807, 2.05) is 37.3 Å². The van der Waals surface area contributed by atoms with E-state index in [-0.39, 0.29) is 5.91 Å². The third-order valence-electron chi connectivity index (χ3n) is 3.19. The van der Waals surface area contributed by atoms with Crippen molar-refractivity contribution in [1.82, 2.24) is 0 Å². The van der Waals surface area contributed by atoms with E-state index in [2.05, 4.69) is 5.32 Å². The first kappa shape index (κ1) is 16.7. The van der Waals surface area contributed by atoms with Crippen molar-refractivity contribution >= 4 is 11.6 Å². The van der Waals surface area contributed by atoms with Crippen LogP contribution in [0.1, 0.15) is 13.8 Å². The third-order valence-corrected chi connectivity index (χ3v) is 3.19. The minimum Gasteiger partial charge on any atom is -0.495 e. The predicted molar refractivity (Wildman–Crippen MR) is 89.3 cm³/mol. The number of rotatable bonds is 7. The van der Waals surface area contributed by atoms with Crippen LogP contribution in [-0.4, -0.2) is 25.7 Å². The molecule has 0 aliphatic rings. The molecule has 5 heteroatoms. The fraction of sp³-hybridized carbons (Fsp3) is 0.278. The van der Waals surface area contributed by atoms with E-state index in [1.54, 1.807) is 32.2 Å². The molecule has 0 fully saturated rings. The summed E-state index contributed by atoms with van der Waals surface area (Å²) in [5.41, 5.74) is 0.605. The topological polar surface area (TPSA) is 56.8 Å². The highest BCUT2D eigenvalue weighted by molar-refractivity contribution is 5.95. The number of ether oxygens (including phenoxy) is 3. The number of benzene rings is 2. The molecule has 5 nitrogen and oxygen atoms in total. The van der Waals surface area contributed by atoms with Crippen LogP contribution < -0.4 is 19.5 Å². The molecule has 122 valence electrons. The maximum Gasteiger partial charge on any atom is 0.265 e. The minimum absolute atomic E-state index is 0.263. The van der Waals surface area contributed by atoms with Gasteiger partial charge in [0.25, 0.3) is 5.91 Å². The summed E-state index contributed by atoms with van der Waals surface area (Å²) in [6, 6.07) is 14.5. The van der Waals surface area contributed by atoms with Crippen molar-refractivity contribution in [1.29, 1.82) is 0 Å². The smallest absolute Gasteiger partial charge is 0.265 e. The van der Waals surface area contributed by atoms with Gasteiger partial charge in [-0.05, 0) is 38.1 Å². The number of hydrogen-bond acceptors (Lipinski definition) is 4. The van der Waals surface area contributed by atoms with E-state index in [1.165, 1.54) is 0 Å². The first-order valence-corrected chi connectivity index (χ1v) is 7.48. The quantitative estimate of drug-likeness (QED) is 0.849. The fourth-order valence-corrected chi connectivity index (χ4v) is 2.05. The number of carbonyl (C=O) groups is 1. The predicted octanol–water partition coefficient (Wildman–Crippen LogP) is 3.50. The maximum absolute atomic E-state index is 12.3. The average Bonchev–Trinajstić information content (AvgIpc) is 2.57. The van der Waals surface area contributed by atoms with Crippen LogP contribution in [0.5, 0.6) is 17.2 Å². The Bertz CT molecular complexity index is 657. The molecule has 0 saturated heterocycles. The van der Waals surface area contributed by atoms with Crippen molar-refractivity contribution in [3.05, 3.63) is 48.5 Å². The molecular weight excluding hydrogens is 294 g/mol. The number of anilines is 1. The van der Waals surface area contributed by atoms with Gasteiger partial charge in [-0.1, -0.05) is 24.3 Å². The number of methoxy groups -OCH3 is 1. The van der Waals surface area contributed by atoms with Crippen LogP contribution >= 0.6 is 0 Å². The summed E-state index contributed by atoms with van der Waals surface area (Å²) in [5, 5.41) is 2.80. The van der Waals surface area contributed by atoms with Gasteiger partial charge < -0.3 is 19.5 Å². The zero-order valence-electron chi connectivity index (χ0n) is 13.5. The monoisotopic (exact) mass is 315 g/mol. The Kier molecular flexibility index (Phi) is 5.86. The Morgan fingerprint density at radius 1 is 1.04 bits per heavy atom. The molecule has 2 aromatic rings. The standard InChI is InChI=1S/C18H21NO4/c1-4-22-16-11-7-8-12-17(16)23-13(2)18(20)19-14-9-5-6-10-15(14)21-3/h5-13H,4H2,1-3H3,(H,19,20)/t13-/m0/s1. The van der Waals surface area contributed by atoms with E-state index in [4.69, 9.17) is 14.2 Å². The molecule has 1 amide bonds. The summed E-state index contributed by atoms with van der Waals surface area (Å²) in [4.78, 5) is 12.3. The van der Waals surface area contributed by atoms with Crippen LogP contribution in [0.3, 0.4) is 0 Å². The van der Waals surface area contributed by atoms with Gasteiger partial charge in [0.15, 0.2) is 17.6 Å². The van der Waals surface area contributed by atoms with Gasteiger partial charge >= 0.3 is 0 Å². The minimum atomic E-state index is -0.679. The molecule has 0 spiro atoms. The number of para-hydroxylation sites is 4. The molecule has 0 heterocycles. The second kappa shape index (κ2) is 8.08. The Labute approximate surface area is 136 Å². The van der Waals surface area contributed by atoms with Gasteiger partial charge in [-0.15, -0.1) is 0 Å². The van der Waals surface area contributed by atoms with Crippen LogP contribution in [0.25, 0.3) is 0 Å². The average molecular weight is 315 g/mol. The van der Waals surface area contributed by atoms with Crippen molar-refractivity contribution in [2.45, 2.75) is 20.0 Å². The summed E-state index contributed by atoms with van der Waals surface area (Å²) in [5.74, 6) is 1.49. The van der Waals surface area contributed by atoms with E-state index in [0.717, 1.165) is 0 Å². The van der Waals surface area contributed by atoms with E-state index in [9.17, 15) is 4.79 Å². The van der Waals surface area contributed by atoms with Crippen LogP contribution in [0.15, 0.2) is 48.5 Å². The second-order valence-electron chi connectivity index (χ2n) is 4.83. The van der Waals surface area contributed by atoms with Gasteiger partial charge in [-0.25, -0.2) is 0 Å². The van der Waals surface area contributed by atoms with Crippen LogP contribution in [0, 0.1) is 0 Å². The molecule has 1 atom stereocenters. The highest BCUT2D eigenvalue weighted by Gasteiger charge is 2.18. The summed E-state index contributed by atoms with van der Waals surface area (Å²) >= 11 is 0.